The second kappa shape index (κ2) is 18.5. The van der Waals surface area contributed by atoms with Crippen LogP contribution < -0.4 is 0 Å². The van der Waals surface area contributed by atoms with Crippen molar-refractivity contribution in [2.75, 3.05) is 0 Å². The van der Waals surface area contributed by atoms with E-state index in [4.69, 9.17) is 0 Å². The Morgan fingerprint density at radius 3 is 0.732 bits per heavy atom. The zero-order chi connectivity index (χ0) is 53.8. The van der Waals surface area contributed by atoms with Crippen molar-refractivity contribution in [3.63, 3.8) is 0 Å². The number of hydrogen-bond acceptors (Lipinski definition) is 0. The minimum Gasteiger partial charge on any atom is -0.0622 e. The molecule has 15 aromatic carbocycles. The van der Waals surface area contributed by atoms with Crippen LogP contribution in [-0.2, 0) is 0 Å². The topological polar surface area (TPSA) is 0 Å². The highest BCUT2D eigenvalue weighted by atomic mass is 14.4. The number of hydrogen-bond donors (Lipinski definition) is 0. The van der Waals surface area contributed by atoms with Crippen molar-refractivity contribution in [3.05, 3.63) is 303 Å². The van der Waals surface area contributed by atoms with Gasteiger partial charge in [0.1, 0.15) is 0 Å². The molecule has 0 saturated carbocycles. The Morgan fingerprint density at radius 1 is 0.134 bits per heavy atom. The van der Waals surface area contributed by atoms with Gasteiger partial charge in [0.2, 0.25) is 0 Å². The molecular weight excluding hydrogens is 985 g/mol. The van der Waals surface area contributed by atoms with Gasteiger partial charge < -0.3 is 0 Å². The van der Waals surface area contributed by atoms with Crippen LogP contribution in [0.2, 0.25) is 0 Å². The molecule has 0 saturated heterocycles. The Kier molecular flexibility index (Phi) is 10.4. The Balaban J connectivity index is 1.06. The molecule has 82 heavy (non-hydrogen) atoms. The lowest BCUT2D eigenvalue weighted by atomic mass is 9.76. The SMILES string of the molecule is c1ccc(-c2ccc3c(c2-c2ccccc2)-c2c(-c4c5ccccc5c(-c5c(-c6ccccc6)cc6cccc7c6c5-c5c-7ccc(-c6ccccc6)c5-c5ccccc5)c5ccccc45)c(-c4ccccc4)cc4cccc-3c24)cc1. The first kappa shape index (κ1) is 46.3. The third kappa shape index (κ3) is 6.86. The van der Waals surface area contributed by atoms with Gasteiger partial charge in [-0.2, -0.15) is 0 Å². The number of fused-ring (bicyclic) bond motifs is 8. The molecule has 0 aromatic heterocycles. The van der Waals surface area contributed by atoms with Crippen molar-refractivity contribution < 1.29 is 0 Å². The second-order valence-electron chi connectivity index (χ2n) is 22.0. The van der Waals surface area contributed by atoms with E-state index in [0.717, 1.165) is 0 Å². The molecule has 15 aromatic rings. The van der Waals surface area contributed by atoms with Crippen LogP contribution in [0.3, 0.4) is 0 Å². The van der Waals surface area contributed by atoms with Crippen LogP contribution in [0.4, 0.5) is 0 Å². The molecular formula is C82H50. The highest BCUT2D eigenvalue weighted by Crippen LogP contribution is 2.63. The summed E-state index contributed by atoms with van der Waals surface area (Å²) in [5, 5.41) is 9.94. The predicted molar refractivity (Wildman–Crippen MR) is 349 cm³/mol. The van der Waals surface area contributed by atoms with Crippen LogP contribution in [0.25, 0.3) is 177 Å². The maximum absolute atomic E-state index is 2.49. The zero-order valence-electron chi connectivity index (χ0n) is 44.9. The van der Waals surface area contributed by atoms with E-state index in [-0.39, 0.29) is 0 Å². The molecule has 0 N–H and O–H groups in total. The molecule has 0 atom stereocenters. The monoisotopic (exact) mass is 1030 g/mol. The van der Waals surface area contributed by atoms with Gasteiger partial charge in [-0.15, -0.1) is 0 Å². The van der Waals surface area contributed by atoms with Crippen LogP contribution in [-0.4, -0.2) is 0 Å². The summed E-state index contributed by atoms with van der Waals surface area (Å²) < 4.78 is 0. The summed E-state index contributed by atoms with van der Waals surface area (Å²) in [7, 11) is 0. The Labute approximate surface area is 477 Å². The molecule has 378 valence electrons. The molecule has 0 amide bonds. The first-order chi connectivity index (χ1) is 40.8. The molecule has 0 heterocycles. The van der Waals surface area contributed by atoms with Crippen molar-refractivity contribution in [2.45, 2.75) is 0 Å². The standard InChI is InChI=1S/C82H50/c1-7-25-51(26-8-1)59-45-47-67-61-43-23-37-57-49-69(53-29-11-3-12-30-53)79(81(73(57)61)77(67)71(59)55-33-15-5-16-34-55)75-63-39-19-21-41-65(63)76(66-42-22-20-40-64(66)75)80-70(54-31-13-4-14-32-54)50-58-38-24-44-62-68-48-46-60(52-27-9-2-10-28-52)72(56-35-17-6-18-36-56)78(68)82(80)74(58)62/h1-50H. The summed E-state index contributed by atoms with van der Waals surface area (Å²) in [6, 6.07) is 114. The van der Waals surface area contributed by atoms with Crippen LogP contribution in [0.1, 0.15) is 0 Å². The lowest BCUT2D eigenvalue weighted by Gasteiger charge is -2.26. The van der Waals surface area contributed by atoms with E-state index < -0.39 is 0 Å². The van der Waals surface area contributed by atoms with Crippen molar-refractivity contribution >= 4 is 43.1 Å². The number of rotatable bonds is 8. The lowest BCUT2D eigenvalue weighted by molar-refractivity contribution is 1.58. The van der Waals surface area contributed by atoms with E-state index in [1.807, 2.05) is 0 Å². The highest BCUT2D eigenvalue weighted by molar-refractivity contribution is 6.34. The predicted octanol–water partition coefficient (Wildman–Crippen LogP) is 22.9. The largest absolute Gasteiger partial charge is 0.0622 e. The molecule has 17 rings (SSSR count). The normalized spacial score (nSPS) is 11.9. The summed E-state index contributed by atoms with van der Waals surface area (Å²) in [5.74, 6) is 0. The molecule has 0 spiro atoms. The van der Waals surface area contributed by atoms with Crippen LogP contribution in [0.15, 0.2) is 303 Å². The molecule has 0 heteroatoms. The van der Waals surface area contributed by atoms with Crippen molar-refractivity contribution in [1.82, 2.24) is 0 Å². The van der Waals surface area contributed by atoms with E-state index in [1.54, 1.807) is 0 Å². The van der Waals surface area contributed by atoms with E-state index in [1.165, 1.54) is 177 Å². The third-order valence-electron chi connectivity index (χ3n) is 17.7. The molecule has 0 radical (unpaired) electrons. The second-order valence-corrected chi connectivity index (χ2v) is 22.0. The van der Waals surface area contributed by atoms with E-state index in [9.17, 15) is 0 Å². The average Bonchev–Trinajstić information content (AvgIpc) is 4.27. The average molecular weight is 1040 g/mol. The molecule has 2 aliphatic carbocycles. The van der Waals surface area contributed by atoms with E-state index in [0.29, 0.717) is 0 Å². The Hall–Kier alpha value is -10.7. The van der Waals surface area contributed by atoms with E-state index >= 15 is 0 Å². The van der Waals surface area contributed by atoms with Gasteiger partial charge >= 0.3 is 0 Å². The Bertz CT molecular complexity index is 4700. The van der Waals surface area contributed by atoms with Gasteiger partial charge in [0.15, 0.2) is 0 Å². The fourth-order valence-electron chi connectivity index (χ4n) is 14.4. The maximum atomic E-state index is 2.49. The summed E-state index contributed by atoms with van der Waals surface area (Å²) in [4.78, 5) is 0. The van der Waals surface area contributed by atoms with Gasteiger partial charge in [0.25, 0.3) is 0 Å². The van der Waals surface area contributed by atoms with Crippen molar-refractivity contribution in [2.24, 2.45) is 0 Å². The number of benzene rings is 15. The van der Waals surface area contributed by atoms with Crippen LogP contribution in [0.5, 0.6) is 0 Å². The van der Waals surface area contributed by atoms with Gasteiger partial charge in [0.05, 0.1) is 0 Å². The first-order valence-corrected chi connectivity index (χ1v) is 28.6. The highest BCUT2D eigenvalue weighted by Gasteiger charge is 2.36. The molecule has 0 aliphatic heterocycles. The maximum Gasteiger partial charge on any atom is -0.000116 e. The molecule has 0 nitrogen and oxygen atoms in total. The molecule has 2 aliphatic rings. The third-order valence-corrected chi connectivity index (χ3v) is 17.7. The minimum absolute atomic E-state index is 1.19. The lowest BCUT2D eigenvalue weighted by Crippen LogP contribution is -1.99. The molecule has 0 unspecified atom stereocenters. The fourth-order valence-corrected chi connectivity index (χ4v) is 14.4. The first-order valence-electron chi connectivity index (χ1n) is 28.6. The minimum atomic E-state index is 1.19. The summed E-state index contributed by atoms with van der Waals surface area (Å²) in [6.07, 6.45) is 0. The summed E-state index contributed by atoms with van der Waals surface area (Å²) in [6.45, 7) is 0. The van der Waals surface area contributed by atoms with Gasteiger partial charge in [-0.3, -0.25) is 0 Å². The van der Waals surface area contributed by atoms with Crippen LogP contribution >= 0.6 is 0 Å². The quantitative estimate of drug-likeness (QED) is 0.133. The fraction of sp³-hybridized carbons (Fsp3) is 0. The Morgan fingerprint density at radius 2 is 0.402 bits per heavy atom. The van der Waals surface area contributed by atoms with Gasteiger partial charge in [-0.25, -0.2) is 0 Å². The smallest absolute Gasteiger partial charge is 0.000116 e. The van der Waals surface area contributed by atoms with Gasteiger partial charge in [-0.1, -0.05) is 291 Å². The van der Waals surface area contributed by atoms with Crippen LogP contribution in [0, 0.1) is 0 Å². The summed E-state index contributed by atoms with van der Waals surface area (Å²) >= 11 is 0. The van der Waals surface area contributed by atoms with Crippen molar-refractivity contribution in [3.8, 4) is 134 Å². The van der Waals surface area contributed by atoms with E-state index in [2.05, 4.69) is 303 Å². The molecule has 0 bridgehead atoms. The van der Waals surface area contributed by atoms with Gasteiger partial charge in [-0.05, 0) is 189 Å². The van der Waals surface area contributed by atoms with Crippen molar-refractivity contribution in [1.29, 1.82) is 0 Å². The molecule has 0 fully saturated rings. The van der Waals surface area contributed by atoms with Gasteiger partial charge in [0, 0.05) is 0 Å². The summed E-state index contributed by atoms with van der Waals surface area (Å²) in [5.41, 5.74) is 29.8. The zero-order valence-corrected chi connectivity index (χ0v) is 44.9.